The summed E-state index contributed by atoms with van der Waals surface area (Å²) < 4.78 is 35.0. The van der Waals surface area contributed by atoms with Gasteiger partial charge in [-0.2, -0.15) is 8.78 Å². The number of benzene rings is 1. The van der Waals surface area contributed by atoms with Gasteiger partial charge in [-0.05, 0) is 66.5 Å². The van der Waals surface area contributed by atoms with Crippen LogP contribution in [0.1, 0.15) is 50.7 Å². The van der Waals surface area contributed by atoms with Crippen molar-refractivity contribution >= 4 is 21.0 Å². The van der Waals surface area contributed by atoms with Crippen molar-refractivity contribution in [3.05, 3.63) is 86.7 Å². The van der Waals surface area contributed by atoms with E-state index in [1.54, 1.807) is 9.24 Å². The van der Waals surface area contributed by atoms with Gasteiger partial charge in [0.1, 0.15) is 12.4 Å². The Labute approximate surface area is 198 Å². The Morgan fingerprint density at radius 1 is 1.19 bits per heavy atom. The molecule has 0 aromatic heterocycles. The van der Waals surface area contributed by atoms with E-state index in [-0.39, 0.29) is 4.91 Å². The molecule has 0 saturated heterocycles. The quantitative estimate of drug-likeness (QED) is 0.332. The molecule has 2 aliphatic rings. The normalized spacial score (nSPS) is 17.7. The molecule has 1 aromatic rings. The van der Waals surface area contributed by atoms with Crippen LogP contribution in [0, 0.1) is 12.8 Å². The van der Waals surface area contributed by atoms with Gasteiger partial charge in [-0.3, -0.25) is 0 Å². The van der Waals surface area contributed by atoms with Crippen molar-refractivity contribution in [2.75, 3.05) is 6.61 Å². The first kappa shape index (κ1) is 25.0. The van der Waals surface area contributed by atoms with E-state index < -0.39 is 5.66 Å². The predicted octanol–water partition coefficient (Wildman–Crippen LogP) is 8.54. The van der Waals surface area contributed by atoms with Gasteiger partial charge in [0.25, 0.3) is 5.66 Å². The Bertz CT molecular complexity index is 966. The summed E-state index contributed by atoms with van der Waals surface area (Å²) in [5.41, 5.74) is 1.27. The monoisotopic (exact) mass is 474 g/mol. The van der Waals surface area contributed by atoms with E-state index in [1.165, 1.54) is 24.0 Å². The fourth-order valence-electron chi connectivity index (χ4n) is 4.06. The molecular weight excluding hydrogens is 441 g/mol. The van der Waals surface area contributed by atoms with Gasteiger partial charge in [0.15, 0.2) is 0 Å². The Morgan fingerprint density at radius 2 is 2.00 bits per heavy atom. The van der Waals surface area contributed by atoms with Crippen molar-refractivity contribution in [1.82, 2.24) is 0 Å². The zero-order chi connectivity index (χ0) is 23.1. The third kappa shape index (κ3) is 6.93. The van der Waals surface area contributed by atoms with Gasteiger partial charge in [0.2, 0.25) is 0 Å². The van der Waals surface area contributed by atoms with E-state index in [1.807, 2.05) is 42.5 Å². The lowest BCUT2D eigenvalue weighted by Gasteiger charge is -2.26. The highest BCUT2D eigenvalue weighted by atomic mass is 32.2. The van der Waals surface area contributed by atoms with Crippen LogP contribution in [0.3, 0.4) is 0 Å². The van der Waals surface area contributed by atoms with E-state index >= 15 is 0 Å². The third-order valence-electron chi connectivity index (χ3n) is 5.78. The zero-order valence-electron chi connectivity index (χ0n) is 19.2. The molecule has 0 radical (unpaired) electrons. The highest BCUT2D eigenvalue weighted by Gasteiger charge is 2.34. The number of thioether (sulfide) groups is 1. The maximum Gasteiger partial charge on any atom is 0.290 e. The molecule has 2 unspecified atom stereocenters. The molecule has 0 saturated carbocycles. The first-order valence-electron chi connectivity index (χ1n) is 11.3. The third-order valence-corrected chi connectivity index (χ3v) is 7.54. The summed E-state index contributed by atoms with van der Waals surface area (Å²) in [5, 5.41) is 0. The number of halogens is 2. The molecule has 3 rings (SSSR count). The Hall–Kier alpha value is -1.64. The second-order valence-electron chi connectivity index (χ2n) is 8.59. The molecule has 0 fully saturated rings. The van der Waals surface area contributed by atoms with Gasteiger partial charge in [0, 0.05) is 4.91 Å². The number of alkyl halides is 2. The van der Waals surface area contributed by atoms with Crippen LogP contribution in [-0.4, -0.2) is 12.3 Å². The Balaban J connectivity index is 1.70. The Kier molecular flexibility index (Phi) is 8.96. The summed E-state index contributed by atoms with van der Waals surface area (Å²) >= 11 is 1.15. The number of ether oxygens (including phenoxy) is 1. The van der Waals surface area contributed by atoms with Crippen molar-refractivity contribution in [1.29, 1.82) is 0 Å². The molecule has 1 aromatic carbocycles. The molecule has 1 aliphatic heterocycles. The van der Waals surface area contributed by atoms with Gasteiger partial charge >= 0.3 is 0 Å². The average Bonchev–Trinajstić information content (AvgIpc) is 3.03. The number of aryl methyl sites for hydroxylation is 1. The first-order valence-corrected chi connectivity index (χ1v) is 12.7. The zero-order valence-corrected chi connectivity index (χ0v) is 21.1. The summed E-state index contributed by atoms with van der Waals surface area (Å²) in [7, 11) is 1.71. The minimum Gasteiger partial charge on any atom is -0.488 e. The van der Waals surface area contributed by atoms with Gasteiger partial charge in [-0.25, -0.2) is 0 Å². The van der Waals surface area contributed by atoms with Crippen molar-refractivity contribution in [3.8, 4) is 5.75 Å². The van der Waals surface area contributed by atoms with Gasteiger partial charge in [-0.15, -0.1) is 0 Å². The van der Waals surface area contributed by atoms with E-state index in [0.29, 0.717) is 25.4 Å². The maximum absolute atomic E-state index is 14.5. The van der Waals surface area contributed by atoms with Crippen molar-refractivity contribution in [2.24, 2.45) is 5.92 Å². The first-order chi connectivity index (χ1) is 15.3. The second kappa shape index (κ2) is 11.5. The summed E-state index contributed by atoms with van der Waals surface area (Å²) in [6, 6.07) is 6.17. The smallest absolute Gasteiger partial charge is 0.290 e. The fraction of sp³-hybridized carbons (Fsp3) is 0.407. The van der Waals surface area contributed by atoms with Crippen LogP contribution in [0.25, 0.3) is 0 Å². The van der Waals surface area contributed by atoms with Gasteiger partial charge in [-0.1, -0.05) is 90.2 Å². The molecule has 32 heavy (non-hydrogen) atoms. The Morgan fingerprint density at radius 3 is 2.75 bits per heavy atom. The van der Waals surface area contributed by atoms with Crippen molar-refractivity contribution in [2.45, 2.75) is 58.5 Å². The number of hydrogen-bond donors (Lipinski definition) is 0. The average molecular weight is 475 g/mol. The molecule has 5 heteroatoms. The summed E-state index contributed by atoms with van der Waals surface area (Å²) in [5.74, 6) is 1.43. The molecule has 0 amide bonds. The van der Waals surface area contributed by atoms with E-state index in [0.717, 1.165) is 40.0 Å². The summed E-state index contributed by atoms with van der Waals surface area (Å²) in [6.07, 6.45) is 16.3. The highest BCUT2D eigenvalue weighted by molar-refractivity contribution is 8.07. The minimum atomic E-state index is -2.97. The standard InChI is InChI=1S/C27H33F2OPS/c1-4-9-19(2)16-22-17-23(13-12-20(22)3)30-18-24-14-15-25(26(32-24)27(28,29)31)21-10-7-5-6-8-11-21/h5-8,10,12-14,17,19H,4,9,11,15-16,18,31H2,1-3H3. The van der Waals surface area contributed by atoms with Crippen molar-refractivity contribution < 1.29 is 13.5 Å². The second-order valence-corrected chi connectivity index (χ2v) is 10.5. The number of allylic oxidation sites excluding steroid dienone is 9. The molecule has 0 bridgehead atoms. The molecule has 1 heterocycles. The van der Waals surface area contributed by atoms with Crippen LogP contribution in [0.5, 0.6) is 5.75 Å². The number of hydrogen-bond acceptors (Lipinski definition) is 2. The van der Waals surface area contributed by atoms with Crippen LogP contribution in [-0.2, 0) is 6.42 Å². The summed E-state index contributed by atoms with van der Waals surface area (Å²) in [4.78, 5) is 0.934. The predicted molar refractivity (Wildman–Crippen MR) is 137 cm³/mol. The number of rotatable bonds is 9. The van der Waals surface area contributed by atoms with Crippen LogP contribution in [0.4, 0.5) is 8.78 Å². The SMILES string of the molecule is CCCC(C)Cc1cc(OCC2=CCC(C3=CC=CC=CC3)=C(C(F)(F)P)S2)ccc1C. The van der Waals surface area contributed by atoms with Gasteiger partial charge in [0.05, 0.1) is 4.91 Å². The molecule has 1 aliphatic carbocycles. The largest absolute Gasteiger partial charge is 0.488 e. The molecule has 1 nitrogen and oxygen atoms in total. The van der Waals surface area contributed by atoms with E-state index in [9.17, 15) is 8.78 Å². The van der Waals surface area contributed by atoms with E-state index in [4.69, 9.17) is 4.74 Å². The summed E-state index contributed by atoms with van der Waals surface area (Å²) in [6.45, 7) is 6.92. The van der Waals surface area contributed by atoms with Crippen LogP contribution in [0.2, 0.25) is 0 Å². The van der Waals surface area contributed by atoms with Crippen LogP contribution in [0.15, 0.2) is 75.6 Å². The molecule has 0 spiro atoms. The highest BCUT2D eigenvalue weighted by Crippen LogP contribution is 2.49. The van der Waals surface area contributed by atoms with Crippen molar-refractivity contribution in [3.63, 3.8) is 0 Å². The minimum absolute atomic E-state index is 0.108. The molecule has 172 valence electrons. The van der Waals surface area contributed by atoms with Gasteiger partial charge < -0.3 is 4.74 Å². The lowest BCUT2D eigenvalue weighted by Crippen LogP contribution is -2.15. The maximum atomic E-state index is 14.5. The lowest BCUT2D eigenvalue weighted by molar-refractivity contribution is 0.155. The molecule has 2 atom stereocenters. The molecular formula is C27H33F2OPS. The van der Waals surface area contributed by atoms with E-state index in [2.05, 4.69) is 32.9 Å². The topological polar surface area (TPSA) is 9.23 Å². The van der Waals surface area contributed by atoms with Crippen LogP contribution < -0.4 is 4.74 Å². The fourth-order valence-corrected chi connectivity index (χ4v) is 5.43. The lowest BCUT2D eigenvalue weighted by atomic mass is 9.94. The molecule has 0 N–H and O–H groups in total. The van der Waals surface area contributed by atoms with Crippen LogP contribution >= 0.6 is 21.0 Å².